The Bertz CT molecular complexity index is 857. The first-order valence-corrected chi connectivity index (χ1v) is 10.6. The standard InChI is InChI=1S/C24H29N3O/c1-25-11-13-26(14-12-25)20-7-8-21-19-9-10-27(23(16-19)22(21)17-20)24(28)15-18-5-3-2-4-6-18/h2-8,17,19,23H,9-16H2,1H3/t19?,23-/m1/s1. The fraction of sp³-hybridized carbons (Fsp3) is 0.458. The smallest absolute Gasteiger partial charge is 0.227 e. The summed E-state index contributed by atoms with van der Waals surface area (Å²) in [6.07, 6.45) is 2.70. The first kappa shape index (κ1) is 17.7. The first-order chi connectivity index (χ1) is 13.7. The van der Waals surface area contributed by atoms with Crippen molar-refractivity contribution in [1.82, 2.24) is 9.80 Å². The third-order valence-corrected chi connectivity index (χ3v) is 6.86. The van der Waals surface area contributed by atoms with Crippen molar-refractivity contribution in [2.75, 3.05) is 44.7 Å². The highest BCUT2D eigenvalue weighted by Gasteiger charge is 2.40. The molecule has 2 aliphatic heterocycles. The van der Waals surface area contributed by atoms with Gasteiger partial charge in [-0.3, -0.25) is 4.79 Å². The molecule has 0 aromatic heterocycles. The molecule has 0 radical (unpaired) electrons. The minimum Gasteiger partial charge on any atom is -0.369 e. The minimum atomic E-state index is 0.261. The number of benzene rings is 2. The zero-order valence-electron chi connectivity index (χ0n) is 16.7. The molecule has 28 heavy (non-hydrogen) atoms. The maximum absolute atomic E-state index is 13.1. The number of carbonyl (C=O) groups excluding carboxylic acids is 1. The molecule has 2 aromatic carbocycles. The van der Waals surface area contributed by atoms with Crippen LogP contribution in [0.25, 0.3) is 0 Å². The average Bonchev–Trinajstić information content (AvgIpc) is 3.01. The first-order valence-electron chi connectivity index (χ1n) is 10.6. The predicted octanol–water partition coefficient (Wildman–Crippen LogP) is 3.44. The number of rotatable bonds is 3. The van der Waals surface area contributed by atoms with E-state index in [1.54, 1.807) is 0 Å². The molecule has 2 aromatic rings. The lowest BCUT2D eigenvalue weighted by atomic mass is 9.95. The van der Waals surface area contributed by atoms with Crippen LogP contribution in [0, 0.1) is 0 Å². The molecule has 0 spiro atoms. The van der Waals surface area contributed by atoms with Crippen LogP contribution in [-0.2, 0) is 11.2 Å². The molecular weight excluding hydrogens is 346 g/mol. The van der Waals surface area contributed by atoms with E-state index in [0.717, 1.165) is 51.1 Å². The fourth-order valence-corrected chi connectivity index (χ4v) is 5.20. The molecule has 2 atom stereocenters. The number of hydrogen-bond acceptors (Lipinski definition) is 3. The second kappa shape index (κ2) is 7.25. The molecule has 0 saturated carbocycles. The Morgan fingerprint density at radius 2 is 1.75 bits per heavy atom. The summed E-state index contributed by atoms with van der Waals surface area (Å²) < 4.78 is 0. The van der Waals surface area contributed by atoms with Crippen molar-refractivity contribution in [3.8, 4) is 0 Å². The number of likely N-dealkylation sites (tertiary alicyclic amines) is 1. The maximum Gasteiger partial charge on any atom is 0.227 e. The summed E-state index contributed by atoms with van der Waals surface area (Å²) in [5, 5.41) is 0. The largest absolute Gasteiger partial charge is 0.369 e. The van der Waals surface area contributed by atoms with Crippen LogP contribution in [-0.4, -0.2) is 55.5 Å². The summed E-state index contributed by atoms with van der Waals surface area (Å²) in [7, 11) is 2.19. The van der Waals surface area contributed by atoms with Crippen molar-refractivity contribution in [3.63, 3.8) is 0 Å². The van der Waals surface area contributed by atoms with Crippen molar-refractivity contribution in [2.24, 2.45) is 0 Å². The molecule has 146 valence electrons. The lowest BCUT2D eigenvalue weighted by Crippen LogP contribution is -2.44. The van der Waals surface area contributed by atoms with E-state index in [1.807, 2.05) is 18.2 Å². The van der Waals surface area contributed by atoms with Gasteiger partial charge in [-0.25, -0.2) is 0 Å². The van der Waals surface area contributed by atoms with Gasteiger partial charge in [0, 0.05) is 38.4 Å². The SMILES string of the molecule is CN1CCN(c2ccc3c(c2)[C@H]2CC3CCN2C(=O)Cc2ccccc2)CC1. The predicted molar refractivity (Wildman–Crippen MR) is 113 cm³/mol. The Balaban J connectivity index is 1.38. The van der Waals surface area contributed by atoms with Crippen molar-refractivity contribution >= 4 is 11.6 Å². The third kappa shape index (κ3) is 3.20. The molecule has 2 bridgehead atoms. The van der Waals surface area contributed by atoms with Gasteiger partial charge in [0.05, 0.1) is 12.5 Å². The highest BCUT2D eigenvalue weighted by atomic mass is 16.2. The summed E-state index contributed by atoms with van der Waals surface area (Å²) in [5.41, 5.74) is 5.33. The van der Waals surface area contributed by atoms with Crippen LogP contribution in [0.5, 0.6) is 0 Å². The average molecular weight is 376 g/mol. The molecule has 2 fully saturated rings. The molecule has 4 nitrogen and oxygen atoms in total. The van der Waals surface area contributed by atoms with E-state index < -0.39 is 0 Å². The van der Waals surface area contributed by atoms with Gasteiger partial charge in [0.2, 0.25) is 5.91 Å². The molecule has 2 heterocycles. The molecule has 5 rings (SSSR count). The van der Waals surface area contributed by atoms with Gasteiger partial charge in [-0.2, -0.15) is 0 Å². The number of carbonyl (C=O) groups is 1. The van der Waals surface area contributed by atoms with Crippen LogP contribution in [0.1, 0.15) is 41.5 Å². The second-order valence-electron chi connectivity index (χ2n) is 8.59. The topological polar surface area (TPSA) is 26.8 Å². The summed E-state index contributed by atoms with van der Waals surface area (Å²) in [6, 6.07) is 17.4. The Morgan fingerprint density at radius 1 is 0.964 bits per heavy atom. The van der Waals surface area contributed by atoms with Crippen LogP contribution in [0.15, 0.2) is 48.5 Å². The van der Waals surface area contributed by atoms with E-state index in [4.69, 9.17) is 0 Å². The van der Waals surface area contributed by atoms with E-state index in [1.165, 1.54) is 16.8 Å². The number of anilines is 1. The van der Waals surface area contributed by atoms with E-state index in [0.29, 0.717) is 12.3 Å². The molecule has 0 N–H and O–H groups in total. The zero-order chi connectivity index (χ0) is 19.1. The van der Waals surface area contributed by atoms with Crippen molar-refractivity contribution in [2.45, 2.75) is 31.2 Å². The van der Waals surface area contributed by atoms with Gasteiger partial charge < -0.3 is 14.7 Å². The van der Waals surface area contributed by atoms with Crippen LogP contribution in [0.2, 0.25) is 0 Å². The van der Waals surface area contributed by atoms with Gasteiger partial charge in [-0.05, 0) is 54.6 Å². The van der Waals surface area contributed by atoms with Crippen molar-refractivity contribution < 1.29 is 4.79 Å². The maximum atomic E-state index is 13.1. The number of likely N-dealkylation sites (N-methyl/N-ethyl adjacent to an activating group) is 1. The van der Waals surface area contributed by atoms with Gasteiger partial charge >= 0.3 is 0 Å². The van der Waals surface area contributed by atoms with Crippen LogP contribution < -0.4 is 4.90 Å². The zero-order valence-corrected chi connectivity index (χ0v) is 16.7. The van der Waals surface area contributed by atoms with Gasteiger partial charge in [0.1, 0.15) is 0 Å². The summed E-state index contributed by atoms with van der Waals surface area (Å²) in [4.78, 5) is 20.1. The van der Waals surface area contributed by atoms with Gasteiger partial charge in [0.25, 0.3) is 0 Å². The molecule has 1 unspecified atom stereocenters. The molecule has 4 heteroatoms. The van der Waals surface area contributed by atoms with Crippen molar-refractivity contribution in [1.29, 1.82) is 0 Å². The minimum absolute atomic E-state index is 0.261. The molecule has 3 aliphatic rings. The normalized spacial score (nSPS) is 24.3. The van der Waals surface area contributed by atoms with Gasteiger partial charge in [-0.1, -0.05) is 36.4 Å². The van der Waals surface area contributed by atoms with Gasteiger partial charge in [0.15, 0.2) is 0 Å². The molecule has 1 amide bonds. The Kier molecular flexibility index (Phi) is 4.59. The lowest BCUT2D eigenvalue weighted by Gasteiger charge is -2.35. The molecule has 2 saturated heterocycles. The Labute approximate surface area is 167 Å². The van der Waals surface area contributed by atoms with Gasteiger partial charge in [-0.15, -0.1) is 0 Å². The van der Waals surface area contributed by atoms with E-state index >= 15 is 0 Å². The quantitative estimate of drug-likeness (QED) is 0.822. The highest BCUT2D eigenvalue weighted by Crippen LogP contribution is 2.50. The number of amides is 1. The Morgan fingerprint density at radius 3 is 2.54 bits per heavy atom. The van der Waals surface area contributed by atoms with E-state index in [9.17, 15) is 4.79 Å². The number of piperazine rings is 1. The van der Waals surface area contributed by atoms with E-state index in [-0.39, 0.29) is 11.9 Å². The van der Waals surface area contributed by atoms with Crippen LogP contribution in [0.3, 0.4) is 0 Å². The monoisotopic (exact) mass is 375 g/mol. The number of nitrogens with zero attached hydrogens (tertiary/aromatic N) is 3. The van der Waals surface area contributed by atoms with E-state index in [2.05, 4.69) is 52.1 Å². The number of piperidine rings is 1. The number of hydrogen-bond donors (Lipinski definition) is 0. The Hall–Kier alpha value is -2.33. The summed E-state index contributed by atoms with van der Waals surface area (Å²) in [6.45, 7) is 5.29. The second-order valence-corrected chi connectivity index (χ2v) is 8.59. The summed E-state index contributed by atoms with van der Waals surface area (Å²) >= 11 is 0. The number of fused-ring (bicyclic) bond motifs is 5. The molecule has 1 aliphatic carbocycles. The molecular formula is C24H29N3O. The van der Waals surface area contributed by atoms with Crippen LogP contribution >= 0.6 is 0 Å². The van der Waals surface area contributed by atoms with Crippen molar-refractivity contribution in [3.05, 3.63) is 65.2 Å². The lowest BCUT2D eigenvalue weighted by molar-refractivity contribution is -0.134. The third-order valence-electron chi connectivity index (χ3n) is 6.86. The van der Waals surface area contributed by atoms with Crippen LogP contribution in [0.4, 0.5) is 5.69 Å². The summed E-state index contributed by atoms with van der Waals surface area (Å²) in [5.74, 6) is 0.898. The fourth-order valence-electron chi connectivity index (χ4n) is 5.20. The highest BCUT2D eigenvalue weighted by molar-refractivity contribution is 5.80.